The molecule has 19 heavy (non-hydrogen) atoms. The lowest BCUT2D eigenvalue weighted by Crippen LogP contribution is -2.45. The molecule has 2 heterocycles. The lowest BCUT2D eigenvalue weighted by atomic mass is 10.1. The molecule has 3 rings (SSSR count). The van der Waals surface area contributed by atoms with Crippen LogP contribution in [0.1, 0.15) is 43.0 Å². The van der Waals surface area contributed by atoms with Crippen molar-refractivity contribution in [2.45, 2.75) is 51.6 Å². The number of rotatable bonds is 2. The predicted octanol–water partition coefficient (Wildman–Crippen LogP) is 2.01. The van der Waals surface area contributed by atoms with Gasteiger partial charge in [-0.15, -0.1) is 0 Å². The van der Waals surface area contributed by atoms with E-state index in [1.165, 1.54) is 5.56 Å². The summed E-state index contributed by atoms with van der Waals surface area (Å²) >= 11 is 0. The highest BCUT2D eigenvalue weighted by atomic mass is 16.2. The summed E-state index contributed by atoms with van der Waals surface area (Å²) in [6.45, 7) is 5.81. The van der Waals surface area contributed by atoms with Gasteiger partial charge >= 0.3 is 6.03 Å². The summed E-state index contributed by atoms with van der Waals surface area (Å²) in [4.78, 5) is 13.9. The fourth-order valence-electron chi connectivity index (χ4n) is 2.59. The standard InChI is InChI=1S/C14H22N4O/c1-10-9-18(16-11(10)2)13-5-7-17(8-6-13)14(19)15-12-3-4-12/h9,12-13H,3-8H2,1-2H3,(H,15,19). The Morgan fingerprint density at radius 2 is 1.95 bits per heavy atom. The molecule has 1 saturated heterocycles. The average molecular weight is 262 g/mol. The van der Waals surface area contributed by atoms with Crippen molar-refractivity contribution in [3.05, 3.63) is 17.5 Å². The van der Waals surface area contributed by atoms with Crippen LogP contribution in [0.5, 0.6) is 0 Å². The number of carbonyl (C=O) groups is 1. The second kappa shape index (κ2) is 4.87. The van der Waals surface area contributed by atoms with Crippen molar-refractivity contribution >= 4 is 6.03 Å². The quantitative estimate of drug-likeness (QED) is 0.886. The molecule has 2 aliphatic rings. The lowest BCUT2D eigenvalue weighted by Gasteiger charge is -2.32. The number of carbonyl (C=O) groups excluding carboxylic acids is 1. The van der Waals surface area contributed by atoms with E-state index in [-0.39, 0.29) is 6.03 Å². The van der Waals surface area contributed by atoms with Gasteiger partial charge in [-0.2, -0.15) is 5.10 Å². The Morgan fingerprint density at radius 3 is 2.47 bits per heavy atom. The zero-order valence-corrected chi connectivity index (χ0v) is 11.7. The van der Waals surface area contributed by atoms with E-state index in [1.807, 2.05) is 11.8 Å². The van der Waals surface area contributed by atoms with Gasteiger partial charge in [0.05, 0.1) is 11.7 Å². The van der Waals surface area contributed by atoms with E-state index in [4.69, 9.17) is 0 Å². The average Bonchev–Trinajstić information content (AvgIpc) is 3.15. The first-order valence-electron chi connectivity index (χ1n) is 7.21. The maximum absolute atomic E-state index is 11.9. The van der Waals surface area contributed by atoms with Crippen LogP contribution in [0.25, 0.3) is 0 Å². The molecule has 5 nitrogen and oxygen atoms in total. The number of urea groups is 1. The highest BCUT2D eigenvalue weighted by Gasteiger charge is 2.28. The van der Waals surface area contributed by atoms with Gasteiger partial charge in [-0.3, -0.25) is 4.68 Å². The smallest absolute Gasteiger partial charge is 0.317 e. The molecule has 0 spiro atoms. The second-order valence-corrected chi connectivity index (χ2v) is 5.82. The molecule has 0 atom stereocenters. The van der Waals surface area contributed by atoms with Crippen molar-refractivity contribution in [2.75, 3.05) is 13.1 Å². The number of aromatic nitrogens is 2. The SMILES string of the molecule is Cc1cn(C2CCN(C(=O)NC3CC3)CC2)nc1C. The number of aryl methyl sites for hydroxylation is 2. The number of nitrogens with one attached hydrogen (secondary N) is 1. The van der Waals surface area contributed by atoms with E-state index in [2.05, 4.69) is 28.2 Å². The zero-order chi connectivity index (χ0) is 13.4. The van der Waals surface area contributed by atoms with Crippen molar-refractivity contribution in [1.29, 1.82) is 0 Å². The maximum atomic E-state index is 11.9. The van der Waals surface area contributed by atoms with E-state index in [0.717, 1.165) is 44.5 Å². The highest BCUT2D eigenvalue weighted by Crippen LogP contribution is 2.24. The summed E-state index contributed by atoms with van der Waals surface area (Å²) in [7, 11) is 0. The van der Waals surface area contributed by atoms with E-state index < -0.39 is 0 Å². The Bertz CT molecular complexity index is 450. The molecule has 0 radical (unpaired) electrons. The van der Waals surface area contributed by atoms with Gasteiger partial charge in [-0.05, 0) is 45.1 Å². The molecule has 104 valence electrons. The number of piperidine rings is 1. The summed E-state index contributed by atoms with van der Waals surface area (Å²) in [6, 6.07) is 1.01. The molecule has 2 amide bonds. The molecular weight excluding hydrogens is 240 g/mol. The third-order valence-corrected chi connectivity index (χ3v) is 4.19. The predicted molar refractivity (Wildman–Crippen MR) is 73.1 cm³/mol. The Labute approximate surface area is 114 Å². The van der Waals surface area contributed by atoms with Gasteiger partial charge in [0.25, 0.3) is 0 Å². The minimum absolute atomic E-state index is 0.119. The molecule has 1 N–H and O–H groups in total. The van der Waals surface area contributed by atoms with Gasteiger partial charge in [-0.25, -0.2) is 4.79 Å². The van der Waals surface area contributed by atoms with Crippen molar-refractivity contribution < 1.29 is 4.79 Å². The minimum Gasteiger partial charge on any atom is -0.335 e. The third kappa shape index (κ3) is 2.74. The van der Waals surface area contributed by atoms with Crippen LogP contribution >= 0.6 is 0 Å². The van der Waals surface area contributed by atoms with Crippen molar-refractivity contribution in [1.82, 2.24) is 20.0 Å². The Balaban J connectivity index is 1.55. The normalized spacial score (nSPS) is 20.6. The highest BCUT2D eigenvalue weighted by molar-refractivity contribution is 5.74. The zero-order valence-electron chi connectivity index (χ0n) is 11.7. The van der Waals surface area contributed by atoms with Gasteiger partial charge in [-0.1, -0.05) is 0 Å². The summed E-state index contributed by atoms with van der Waals surface area (Å²) < 4.78 is 2.08. The molecule has 1 aromatic heterocycles. The lowest BCUT2D eigenvalue weighted by molar-refractivity contribution is 0.168. The van der Waals surface area contributed by atoms with Gasteiger partial charge < -0.3 is 10.2 Å². The van der Waals surface area contributed by atoms with Crippen molar-refractivity contribution in [2.24, 2.45) is 0 Å². The summed E-state index contributed by atoms with van der Waals surface area (Å²) in [5, 5.41) is 7.62. The van der Waals surface area contributed by atoms with Crippen LogP contribution in [0.2, 0.25) is 0 Å². The number of amides is 2. The van der Waals surface area contributed by atoms with Crippen LogP contribution in [0, 0.1) is 13.8 Å². The molecule has 0 unspecified atom stereocenters. The summed E-state index contributed by atoms with van der Waals surface area (Å²) in [5.41, 5.74) is 2.35. The number of hydrogen-bond acceptors (Lipinski definition) is 2. The van der Waals surface area contributed by atoms with Crippen LogP contribution in [0.15, 0.2) is 6.20 Å². The number of hydrogen-bond donors (Lipinski definition) is 1. The second-order valence-electron chi connectivity index (χ2n) is 5.82. The molecule has 1 aliphatic heterocycles. The summed E-state index contributed by atoms with van der Waals surface area (Å²) in [6.07, 6.45) is 6.42. The van der Waals surface area contributed by atoms with Gasteiger partial charge in [0.2, 0.25) is 0 Å². The van der Waals surface area contributed by atoms with Gasteiger partial charge in [0.15, 0.2) is 0 Å². The molecule has 1 aromatic rings. The van der Waals surface area contributed by atoms with E-state index >= 15 is 0 Å². The Kier molecular flexibility index (Phi) is 3.21. The third-order valence-electron chi connectivity index (χ3n) is 4.19. The molecule has 0 bridgehead atoms. The van der Waals surface area contributed by atoms with Crippen LogP contribution in [0.4, 0.5) is 4.79 Å². The van der Waals surface area contributed by atoms with E-state index in [1.54, 1.807) is 0 Å². The fourth-order valence-corrected chi connectivity index (χ4v) is 2.59. The molecule has 1 saturated carbocycles. The Hall–Kier alpha value is -1.52. The summed E-state index contributed by atoms with van der Waals surface area (Å²) in [5.74, 6) is 0. The fraction of sp³-hybridized carbons (Fsp3) is 0.714. The van der Waals surface area contributed by atoms with Crippen LogP contribution < -0.4 is 5.32 Å². The van der Waals surface area contributed by atoms with E-state index in [9.17, 15) is 4.79 Å². The van der Waals surface area contributed by atoms with Gasteiger partial charge in [0, 0.05) is 25.3 Å². The first-order chi connectivity index (χ1) is 9.13. The Morgan fingerprint density at radius 1 is 1.26 bits per heavy atom. The van der Waals surface area contributed by atoms with E-state index in [0.29, 0.717) is 12.1 Å². The largest absolute Gasteiger partial charge is 0.335 e. The monoisotopic (exact) mass is 262 g/mol. The molecule has 1 aliphatic carbocycles. The molecule has 5 heteroatoms. The van der Waals surface area contributed by atoms with Gasteiger partial charge in [0.1, 0.15) is 0 Å². The first kappa shape index (κ1) is 12.5. The van der Waals surface area contributed by atoms with Crippen LogP contribution in [-0.2, 0) is 0 Å². The maximum Gasteiger partial charge on any atom is 0.317 e. The van der Waals surface area contributed by atoms with Crippen molar-refractivity contribution in [3.8, 4) is 0 Å². The minimum atomic E-state index is 0.119. The molecule has 2 fully saturated rings. The number of nitrogens with zero attached hydrogens (tertiary/aromatic N) is 3. The van der Waals surface area contributed by atoms with Crippen LogP contribution in [-0.4, -0.2) is 39.8 Å². The topological polar surface area (TPSA) is 50.2 Å². The number of likely N-dealkylation sites (tertiary alicyclic amines) is 1. The van der Waals surface area contributed by atoms with Crippen molar-refractivity contribution in [3.63, 3.8) is 0 Å². The molecular formula is C14H22N4O. The van der Waals surface area contributed by atoms with Crippen LogP contribution in [0.3, 0.4) is 0 Å². The molecule has 0 aromatic carbocycles. The first-order valence-corrected chi connectivity index (χ1v) is 7.21.